The van der Waals surface area contributed by atoms with Gasteiger partial charge in [-0.15, -0.1) is 0 Å². The summed E-state index contributed by atoms with van der Waals surface area (Å²) in [6.07, 6.45) is 1.49. The second kappa shape index (κ2) is 10.8. The molecule has 3 aromatic carbocycles. The van der Waals surface area contributed by atoms with E-state index in [1.54, 1.807) is 36.4 Å². The highest BCUT2D eigenvalue weighted by molar-refractivity contribution is 7.92. The molecule has 194 valence electrons. The van der Waals surface area contributed by atoms with E-state index in [0.717, 1.165) is 25.2 Å². The highest BCUT2D eigenvalue weighted by Crippen LogP contribution is 2.37. The Hall–Kier alpha value is -3.56. The molecule has 0 saturated carbocycles. The second-order valence-electron chi connectivity index (χ2n) is 9.31. The number of rotatable bonds is 8. The first-order chi connectivity index (χ1) is 17.9. The molecule has 2 aliphatic heterocycles. The van der Waals surface area contributed by atoms with Gasteiger partial charge in [0.15, 0.2) is 6.10 Å². The van der Waals surface area contributed by atoms with Gasteiger partial charge in [0.25, 0.3) is 15.9 Å². The number of hydrogen-bond acceptors (Lipinski definition) is 6. The standard InChI is InChI=1S/C28H31N3O5S/c1-35-23-11-13-24(14-12-23)37(33,34)31-20-27(36-26-10-3-2-9-25(26)31)28(32)29-18-21-7-6-8-22(17-21)19-30-15-4-5-16-30/h2-3,6-14,17,27H,4-5,15-16,18-20H2,1H3,(H,29,32)/t27-/m1/s1. The number of carbonyl (C=O) groups excluding carboxylic acids is 1. The van der Waals surface area contributed by atoms with Crippen LogP contribution in [0.15, 0.2) is 77.7 Å². The number of nitrogens with one attached hydrogen (secondary N) is 1. The number of amides is 1. The van der Waals surface area contributed by atoms with Gasteiger partial charge in [-0.3, -0.25) is 14.0 Å². The van der Waals surface area contributed by atoms with Crippen molar-refractivity contribution in [1.82, 2.24) is 10.2 Å². The Morgan fingerprint density at radius 3 is 2.49 bits per heavy atom. The van der Waals surface area contributed by atoms with Crippen molar-refractivity contribution in [3.8, 4) is 11.5 Å². The lowest BCUT2D eigenvalue weighted by Crippen LogP contribution is -2.50. The zero-order valence-electron chi connectivity index (χ0n) is 20.8. The van der Waals surface area contributed by atoms with Crippen LogP contribution in [0.5, 0.6) is 11.5 Å². The average Bonchev–Trinajstić information content (AvgIpc) is 3.44. The Labute approximate surface area is 217 Å². The minimum Gasteiger partial charge on any atom is -0.497 e. The third-order valence-electron chi connectivity index (χ3n) is 6.74. The van der Waals surface area contributed by atoms with E-state index >= 15 is 0 Å². The van der Waals surface area contributed by atoms with Crippen molar-refractivity contribution in [3.63, 3.8) is 0 Å². The van der Waals surface area contributed by atoms with Crippen LogP contribution in [0.2, 0.25) is 0 Å². The van der Waals surface area contributed by atoms with E-state index in [0.29, 0.717) is 23.7 Å². The summed E-state index contributed by atoms with van der Waals surface area (Å²) in [5.41, 5.74) is 2.61. The molecule has 5 rings (SSSR count). The number of nitrogens with zero attached hydrogens (tertiary/aromatic N) is 2. The summed E-state index contributed by atoms with van der Waals surface area (Å²) in [5, 5.41) is 2.93. The quantitative estimate of drug-likeness (QED) is 0.488. The zero-order chi connectivity index (χ0) is 25.8. The lowest BCUT2D eigenvalue weighted by atomic mass is 10.1. The molecule has 2 heterocycles. The molecule has 8 nitrogen and oxygen atoms in total. The number of para-hydroxylation sites is 2. The van der Waals surface area contributed by atoms with Crippen molar-refractivity contribution in [2.75, 3.05) is 31.0 Å². The third kappa shape index (κ3) is 5.57. The fourth-order valence-electron chi connectivity index (χ4n) is 4.78. The van der Waals surface area contributed by atoms with Gasteiger partial charge in [-0.05, 0) is 73.5 Å². The SMILES string of the molecule is COc1ccc(S(=O)(=O)N2C[C@H](C(=O)NCc3cccc(CN4CCCC4)c3)Oc3ccccc32)cc1. The van der Waals surface area contributed by atoms with Gasteiger partial charge in [-0.25, -0.2) is 8.42 Å². The molecule has 9 heteroatoms. The fraction of sp³-hybridized carbons (Fsp3) is 0.321. The number of likely N-dealkylation sites (tertiary alicyclic amines) is 1. The van der Waals surface area contributed by atoms with E-state index in [9.17, 15) is 13.2 Å². The van der Waals surface area contributed by atoms with Gasteiger partial charge in [0, 0.05) is 13.1 Å². The molecular formula is C28H31N3O5S. The van der Waals surface area contributed by atoms with E-state index in [1.165, 1.54) is 42.0 Å². The second-order valence-corrected chi connectivity index (χ2v) is 11.2. The maximum absolute atomic E-state index is 13.6. The number of ether oxygens (including phenoxy) is 2. The lowest BCUT2D eigenvalue weighted by Gasteiger charge is -2.34. The molecule has 0 aliphatic carbocycles. The smallest absolute Gasteiger partial charge is 0.264 e. The molecular weight excluding hydrogens is 490 g/mol. The maximum atomic E-state index is 13.6. The highest BCUT2D eigenvalue weighted by atomic mass is 32.2. The summed E-state index contributed by atoms with van der Waals surface area (Å²) in [4.78, 5) is 15.7. The number of fused-ring (bicyclic) bond motifs is 1. The Morgan fingerprint density at radius 1 is 1.00 bits per heavy atom. The van der Waals surface area contributed by atoms with Crippen LogP contribution in [0.3, 0.4) is 0 Å². The zero-order valence-corrected chi connectivity index (χ0v) is 21.6. The minimum absolute atomic E-state index is 0.110. The average molecular weight is 522 g/mol. The van der Waals surface area contributed by atoms with E-state index in [4.69, 9.17) is 9.47 Å². The molecule has 1 N–H and O–H groups in total. The van der Waals surface area contributed by atoms with Crippen molar-refractivity contribution in [2.24, 2.45) is 0 Å². The Balaban J connectivity index is 1.30. The van der Waals surface area contributed by atoms with E-state index in [1.807, 2.05) is 12.1 Å². The van der Waals surface area contributed by atoms with Gasteiger partial charge in [-0.1, -0.05) is 36.4 Å². The normalized spacial score (nSPS) is 17.6. The lowest BCUT2D eigenvalue weighted by molar-refractivity contribution is -0.127. The largest absolute Gasteiger partial charge is 0.497 e. The number of methoxy groups -OCH3 is 1. The molecule has 37 heavy (non-hydrogen) atoms. The van der Waals surface area contributed by atoms with E-state index in [2.05, 4.69) is 22.3 Å². The summed E-state index contributed by atoms with van der Waals surface area (Å²) in [6.45, 7) is 3.35. The van der Waals surface area contributed by atoms with E-state index in [-0.39, 0.29) is 17.3 Å². The minimum atomic E-state index is -3.94. The van der Waals surface area contributed by atoms with Crippen molar-refractivity contribution in [3.05, 3.63) is 83.9 Å². The van der Waals surface area contributed by atoms with Crippen molar-refractivity contribution < 1.29 is 22.7 Å². The molecule has 3 aromatic rings. The monoisotopic (exact) mass is 521 g/mol. The van der Waals surface area contributed by atoms with Gasteiger partial charge in [0.1, 0.15) is 11.5 Å². The van der Waals surface area contributed by atoms with Crippen LogP contribution in [0.4, 0.5) is 5.69 Å². The van der Waals surface area contributed by atoms with Crippen LogP contribution in [-0.2, 0) is 27.9 Å². The fourth-order valence-corrected chi connectivity index (χ4v) is 6.26. The molecule has 0 bridgehead atoms. The first kappa shape index (κ1) is 25.1. The van der Waals surface area contributed by atoms with Crippen molar-refractivity contribution >= 4 is 21.6 Å². The van der Waals surface area contributed by atoms with Gasteiger partial charge in [0.2, 0.25) is 0 Å². The topological polar surface area (TPSA) is 88.2 Å². The molecule has 0 spiro atoms. The first-order valence-corrected chi connectivity index (χ1v) is 13.9. The number of carbonyl (C=O) groups is 1. The summed E-state index contributed by atoms with van der Waals surface area (Å²) in [5.74, 6) is 0.538. The Kier molecular flexibility index (Phi) is 7.34. The maximum Gasteiger partial charge on any atom is 0.264 e. The summed E-state index contributed by atoms with van der Waals surface area (Å²) >= 11 is 0. The van der Waals surface area contributed by atoms with Gasteiger partial charge < -0.3 is 14.8 Å². The Bertz CT molecular complexity index is 1350. The molecule has 2 aliphatic rings. The molecule has 0 aromatic heterocycles. The molecule has 1 amide bonds. The molecule has 0 radical (unpaired) electrons. The predicted molar refractivity (Wildman–Crippen MR) is 141 cm³/mol. The van der Waals surface area contributed by atoms with Gasteiger partial charge in [-0.2, -0.15) is 0 Å². The third-order valence-corrected chi connectivity index (χ3v) is 8.53. The molecule has 0 unspecified atom stereocenters. The number of sulfonamides is 1. The van der Waals surface area contributed by atoms with Gasteiger partial charge in [0.05, 0.1) is 24.2 Å². The molecule has 1 fully saturated rings. The van der Waals surface area contributed by atoms with Crippen LogP contribution >= 0.6 is 0 Å². The van der Waals surface area contributed by atoms with Crippen molar-refractivity contribution in [2.45, 2.75) is 36.9 Å². The van der Waals surface area contributed by atoms with Crippen LogP contribution in [0, 0.1) is 0 Å². The number of hydrogen-bond donors (Lipinski definition) is 1. The van der Waals surface area contributed by atoms with Crippen LogP contribution < -0.4 is 19.1 Å². The van der Waals surface area contributed by atoms with Crippen molar-refractivity contribution in [1.29, 1.82) is 0 Å². The van der Waals surface area contributed by atoms with Crippen LogP contribution in [0.25, 0.3) is 0 Å². The Morgan fingerprint density at radius 2 is 1.73 bits per heavy atom. The number of benzene rings is 3. The molecule has 1 atom stereocenters. The summed E-state index contributed by atoms with van der Waals surface area (Å²) < 4.78 is 39.5. The number of anilines is 1. The van der Waals surface area contributed by atoms with Gasteiger partial charge >= 0.3 is 0 Å². The van der Waals surface area contributed by atoms with Crippen LogP contribution in [0.1, 0.15) is 24.0 Å². The highest BCUT2D eigenvalue weighted by Gasteiger charge is 2.37. The first-order valence-electron chi connectivity index (χ1n) is 12.4. The molecule has 1 saturated heterocycles. The van der Waals surface area contributed by atoms with Crippen LogP contribution in [-0.4, -0.2) is 52.1 Å². The predicted octanol–water partition coefficient (Wildman–Crippen LogP) is 3.56. The summed E-state index contributed by atoms with van der Waals surface area (Å²) in [7, 11) is -2.42. The van der Waals surface area contributed by atoms with E-state index < -0.39 is 16.1 Å². The summed E-state index contributed by atoms with van der Waals surface area (Å²) in [6, 6.07) is 21.2.